The standard InChI is InChI=1S/C10H13NO3/c1-6-5-8(12)11(3)7(2)9(6)10(13)14-4/h5H,1-4H3. The quantitative estimate of drug-likeness (QED) is 0.622. The van der Waals surface area contributed by atoms with E-state index < -0.39 is 5.97 Å². The Morgan fingerprint density at radius 1 is 1.43 bits per heavy atom. The highest BCUT2D eigenvalue weighted by Crippen LogP contribution is 2.11. The Labute approximate surface area is 82.1 Å². The lowest BCUT2D eigenvalue weighted by atomic mass is 10.1. The van der Waals surface area contributed by atoms with E-state index in [2.05, 4.69) is 4.74 Å². The smallest absolute Gasteiger partial charge is 0.339 e. The van der Waals surface area contributed by atoms with Crippen LogP contribution in [0.25, 0.3) is 0 Å². The number of nitrogens with zero attached hydrogens (tertiary/aromatic N) is 1. The Kier molecular flexibility index (Phi) is 2.74. The first-order valence-corrected chi connectivity index (χ1v) is 4.24. The van der Waals surface area contributed by atoms with E-state index in [1.54, 1.807) is 20.9 Å². The molecule has 0 bridgehead atoms. The summed E-state index contributed by atoms with van der Waals surface area (Å²) in [6, 6.07) is 1.43. The van der Waals surface area contributed by atoms with E-state index in [4.69, 9.17) is 0 Å². The predicted octanol–water partition coefficient (Wildman–Crippen LogP) is 0.789. The molecule has 0 spiro atoms. The van der Waals surface area contributed by atoms with Gasteiger partial charge in [0.05, 0.1) is 12.7 Å². The van der Waals surface area contributed by atoms with Gasteiger partial charge in [-0.05, 0) is 19.4 Å². The van der Waals surface area contributed by atoms with Crippen molar-refractivity contribution in [2.45, 2.75) is 13.8 Å². The zero-order valence-corrected chi connectivity index (χ0v) is 8.75. The second-order valence-electron chi connectivity index (χ2n) is 3.18. The number of carbonyl (C=O) groups excluding carboxylic acids is 1. The first-order valence-electron chi connectivity index (χ1n) is 4.24. The van der Waals surface area contributed by atoms with Crippen LogP contribution in [-0.2, 0) is 11.8 Å². The molecule has 1 aromatic heterocycles. The van der Waals surface area contributed by atoms with Crippen LogP contribution in [0.2, 0.25) is 0 Å². The largest absolute Gasteiger partial charge is 0.465 e. The molecule has 0 N–H and O–H groups in total. The van der Waals surface area contributed by atoms with Crippen molar-refractivity contribution in [2.24, 2.45) is 7.05 Å². The number of methoxy groups -OCH3 is 1. The van der Waals surface area contributed by atoms with Crippen LogP contribution in [0.3, 0.4) is 0 Å². The summed E-state index contributed by atoms with van der Waals surface area (Å²) >= 11 is 0. The van der Waals surface area contributed by atoms with Crippen molar-refractivity contribution in [3.05, 3.63) is 33.2 Å². The number of esters is 1. The highest BCUT2D eigenvalue weighted by molar-refractivity contribution is 5.92. The van der Waals surface area contributed by atoms with Gasteiger partial charge < -0.3 is 9.30 Å². The fourth-order valence-electron chi connectivity index (χ4n) is 1.38. The molecule has 1 aromatic rings. The first kappa shape index (κ1) is 10.5. The molecule has 76 valence electrons. The van der Waals surface area contributed by atoms with Crippen molar-refractivity contribution < 1.29 is 9.53 Å². The minimum Gasteiger partial charge on any atom is -0.465 e. The molecule has 0 aliphatic carbocycles. The van der Waals surface area contributed by atoms with Gasteiger partial charge in [-0.3, -0.25) is 4.79 Å². The van der Waals surface area contributed by atoms with Crippen LogP contribution in [0.5, 0.6) is 0 Å². The highest BCUT2D eigenvalue weighted by Gasteiger charge is 2.15. The van der Waals surface area contributed by atoms with Crippen LogP contribution in [0.1, 0.15) is 21.6 Å². The summed E-state index contributed by atoms with van der Waals surface area (Å²) in [6.07, 6.45) is 0. The van der Waals surface area contributed by atoms with Crippen LogP contribution in [0.4, 0.5) is 0 Å². The lowest BCUT2D eigenvalue weighted by molar-refractivity contribution is 0.0598. The summed E-state index contributed by atoms with van der Waals surface area (Å²) in [6.45, 7) is 3.45. The number of pyridine rings is 1. The van der Waals surface area contributed by atoms with Crippen molar-refractivity contribution in [1.82, 2.24) is 4.57 Å². The van der Waals surface area contributed by atoms with Crippen LogP contribution in [-0.4, -0.2) is 17.6 Å². The normalized spacial score (nSPS) is 10.0. The number of rotatable bonds is 1. The number of aromatic nitrogens is 1. The van der Waals surface area contributed by atoms with Gasteiger partial charge in [-0.25, -0.2) is 4.79 Å². The fraction of sp³-hybridized carbons (Fsp3) is 0.400. The molecule has 0 aliphatic heterocycles. The van der Waals surface area contributed by atoms with Crippen molar-refractivity contribution >= 4 is 5.97 Å². The monoisotopic (exact) mass is 195 g/mol. The molecule has 0 unspecified atom stereocenters. The van der Waals surface area contributed by atoms with E-state index in [-0.39, 0.29) is 5.56 Å². The zero-order valence-electron chi connectivity index (χ0n) is 8.75. The average molecular weight is 195 g/mol. The maximum Gasteiger partial charge on any atom is 0.339 e. The highest BCUT2D eigenvalue weighted by atomic mass is 16.5. The predicted molar refractivity (Wildman–Crippen MR) is 52.5 cm³/mol. The lowest BCUT2D eigenvalue weighted by Gasteiger charge is -2.10. The second kappa shape index (κ2) is 3.65. The summed E-state index contributed by atoms with van der Waals surface area (Å²) in [4.78, 5) is 22.7. The summed E-state index contributed by atoms with van der Waals surface area (Å²) in [7, 11) is 2.95. The van der Waals surface area contributed by atoms with Crippen LogP contribution in [0, 0.1) is 13.8 Å². The molecule has 0 saturated carbocycles. The van der Waals surface area contributed by atoms with Crippen molar-refractivity contribution in [3.8, 4) is 0 Å². The zero-order chi connectivity index (χ0) is 10.9. The number of hydrogen-bond acceptors (Lipinski definition) is 3. The van der Waals surface area contributed by atoms with E-state index in [0.29, 0.717) is 16.8 Å². The van der Waals surface area contributed by atoms with Crippen LogP contribution < -0.4 is 5.56 Å². The SMILES string of the molecule is COC(=O)c1c(C)cc(=O)n(C)c1C. The summed E-state index contributed by atoms with van der Waals surface area (Å²) in [5.41, 5.74) is 1.63. The lowest BCUT2D eigenvalue weighted by Crippen LogP contribution is -2.23. The molecule has 0 radical (unpaired) electrons. The molecule has 1 rings (SSSR count). The van der Waals surface area contributed by atoms with Crippen LogP contribution >= 0.6 is 0 Å². The second-order valence-corrected chi connectivity index (χ2v) is 3.18. The molecule has 0 fully saturated rings. The summed E-state index contributed by atoms with van der Waals surface area (Å²) in [5.74, 6) is -0.407. The van der Waals surface area contributed by atoms with E-state index >= 15 is 0 Å². The number of carbonyl (C=O) groups is 1. The van der Waals surface area contributed by atoms with E-state index in [1.165, 1.54) is 17.7 Å². The van der Waals surface area contributed by atoms with E-state index in [0.717, 1.165) is 0 Å². The Morgan fingerprint density at radius 3 is 2.50 bits per heavy atom. The Morgan fingerprint density at radius 2 is 2.00 bits per heavy atom. The van der Waals surface area contributed by atoms with Gasteiger partial charge in [0.1, 0.15) is 0 Å². The van der Waals surface area contributed by atoms with Gasteiger partial charge in [-0.15, -0.1) is 0 Å². The number of aryl methyl sites for hydroxylation is 1. The molecule has 0 aromatic carbocycles. The Balaban J connectivity index is 3.52. The van der Waals surface area contributed by atoms with Crippen molar-refractivity contribution in [2.75, 3.05) is 7.11 Å². The van der Waals surface area contributed by atoms with Crippen molar-refractivity contribution in [3.63, 3.8) is 0 Å². The molecular weight excluding hydrogens is 182 g/mol. The van der Waals surface area contributed by atoms with Gasteiger partial charge >= 0.3 is 5.97 Å². The van der Waals surface area contributed by atoms with Gasteiger partial charge in [0.15, 0.2) is 0 Å². The molecule has 0 aliphatic rings. The third-order valence-corrected chi connectivity index (χ3v) is 2.32. The topological polar surface area (TPSA) is 48.3 Å². The molecule has 1 heterocycles. The maximum absolute atomic E-state index is 11.4. The maximum atomic E-state index is 11.4. The van der Waals surface area contributed by atoms with E-state index in [1.807, 2.05) is 0 Å². The summed E-state index contributed by atoms with van der Waals surface area (Å²) < 4.78 is 6.07. The van der Waals surface area contributed by atoms with Crippen LogP contribution in [0.15, 0.2) is 10.9 Å². The minimum atomic E-state index is -0.407. The molecule has 4 heteroatoms. The molecule has 0 saturated heterocycles. The molecule has 4 nitrogen and oxygen atoms in total. The number of hydrogen-bond donors (Lipinski definition) is 0. The van der Waals surface area contributed by atoms with Gasteiger partial charge in [0, 0.05) is 18.8 Å². The Hall–Kier alpha value is -1.58. The number of ether oxygens (including phenoxy) is 1. The van der Waals surface area contributed by atoms with Gasteiger partial charge in [0.2, 0.25) is 0 Å². The summed E-state index contributed by atoms with van der Waals surface area (Å²) in [5, 5.41) is 0. The molecular formula is C10H13NO3. The minimum absolute atomic E-state index is 0.118. The average Bonchev–Trinajstić information content (AvgIpc) is 2.14. The molecule has 14 heavy (non-hydrogen) atoms. The fourth-order valence-corrected chi connectivity index (χ4v) is 1.38. The van der Waals surface area contributed by atoms with Gasteiger partial charge in [-0.1, -0.05) is 0 Å². The molecule has 0 atom stereocenters. The van der Waals surface area contributed by atoms with Crippen molar-refractivity contribution in [1.29, 1.82) is 0 Å². The Bertz CT molecular complexity index is 432. The van der Waals surface area contributed by atoms with Gasteiger partial charge in [-0.2, -0.15) is 0 Å². The van der Waals surface area contributed by atoms with E-state index in [9.17, 15) is 9.59 Å². The first-order chi connectivity index (χ1) is 6.49. The third-order valence-electron chi connectivity index (χ3n) is 2.32. The third kappa shape index (κ3) is 1.55. The molecule has 0 amide bonds. The van der Waals surface area contributed by atoms with Gasteiger partial charge in [0.25, 0.3) is 5.56 Å².